The average Bonchev–Trinajstić information content (AvgIpc) is 3.15. The van der Waals surface area contributed by atoms with Gasteiger partial charge in [0.25, 0.3) is 0 Å². The fourth-order valence-electron chi connectivity index (χ4n) is 5.57. The molecule has 2 aliphatic rings. The third-order valence-electron chi connectivity index (χ3n) is 6.87. The van der Waals surface area contributed by atoms with Gasteiger partial charge in [0.1, 0.15) is 22.8 Å². The number of carbonyl (C=O) groups is 1. The highest BCUT2D eigenvalue weighted by Crippen LogP contribution is 2.56. The highest BCUT2D eigenvalue weighted by molar-refractivity contribution is 5.88. The van der Waals surface area contributed by atoms with Crippen molar-refractivity contribution in [2.75, 3.05) is 27.3 Å². The van der Waals surface area contributed by atoms with Crippen molar-refractivity contribution in [1.29, 1.82) is 0 Å². The number of carboxylic acids is 1. The van der Waals surface area contributed by atoms with Crippen LogP contribution >= 0.6 is 0 Å². The third-order valence-corrected chi connectivity index (χ3v) is 6.87. The molecule has 0 radical (unpaired) electrons. The fourth-order valence-corrected chi connectivity index (χ4v) is 5.57. The van der Waals surface area contributed by atoms with E-state index in [0.29, 0.717) is 23.8 Å². The molecule has 1 heterocycles. The summed E-state index contributed by atoms with van der Waals surface area (Å²) in [4.78, 5) is 15.2. The quantitative estimate of drug-likeness (QED) is 0.584. The lowest BCUT2D eigenvalue weighted by atomic mass is 9.75. The van der Waals surface area contributed by atoms with Crippen LogP contribution in [-0.2, 0) is 16.8 Å². The molecule has 6 heteroatoms. The molecule has 0 spiro atoms. The van der Waals surface area contributed by atoms with Crippen LogP contribution in [-0.4, -0.2) is 49.4 Å². The maximum Gasteiger partial charge on any atom is 0.347 e. The van der Waals surface area contributed by atoms with E-state index in [4.69, 9.17) is 14.2 Å². The van der Waals surface area contributed by atoms with Gasteiger partial charge in [0.2, 0.25) is 6.10 Å². The standard InChI is InChI=1S/C27H27NO5/c1-4-28-13-12-17-8-7-10-22-21-9-5-6-11-23(21)27(28,24(17)22)25(26(29)30)33-20-15-18(31-2)14-19(16-20)32-3/h5-11,14-16,25H,4,12-13H2,1-3H3,(H,29,30)/t25-,27+/m1/s1. The van der Waals surface area contributed by atoms with Gasteiger partial charge in [-0.3, -0.25) is 4.90 Å². The van der Waals surface area contributed by atoms with Crippen molar-refractivity contribution in [2.24, 2.45) is 0 Å². The number of aliphatic carboxylic acids is 1. The van der Waals surface area contributed by atoms with Crippen molar-refractivity contribution in [3.63, 3.8) is 0 Å². The number of rotatable bonds is 7. The topological polar surface area (TPSA) is 68.2 Å². The molecule has 3 aromatic rings. The Morgan fingerprint density at radius 1 is 1.00 bits per heavy atom. The minimum Gasteiger partial charge on any atom is -0.496 e. The first-order chi connectivity index (χ1) is 16.0. The Bertz CT molecular complexity index is 1200. The summed E-state index contributed by atoms with van der Waals surface area (Å²) < 4.78 is 17.1. The summed E-state index contributed by atoms with van der Waals surface area (Å²) in [7, 11) is 3.11. The number of ether oxygens (including phenoxy) is 3. The minimum atomic E-state index is -1.18. The average molecular weight is 446 g/mol. The zero-order valence-electron chi connectivity index (χ0n) is 19.0. The molecule has 0 aromatic heterocycles. The van der Waals surface area contributed by atoms with Crippen molar-refractivity contribution < 1.29 is 24.1 Å². The van der Waals surface area contributed by atoms with E-state index in [1.54, 1.807) is 32.4 Å². The number of likely N-dealkylation sites (N-methyl/N-ethyl adjacent to an activating group) is 1. The second-order valence-electron chi connectivity index (χ2n) is 8.37. The van der Waals surface area contributed by atoms with E-state index in [1.807, 2.05) is 18.2 Å². The van der Waals surface area contributed by atoms with Gasteiger partial charge in [-0.25, -0.2) is 4.79 Å². The fraction of sp³-hybridized carbons (Fsp3) is 0.296. The SMILES string of the molecule is CCN1CCc2cccc3c2[C@]1([C@H](Oc1cc(OC)cc(OC)c1)C(=O)O)c1ccccc1-3. The van der Waals surface area contributed by atoms with E-state index in [1.165, 1.54) is 5.56 Å². The molecule has 33 heavy (non-hydrogen) atoms. The van der Waals surface area contributed by atoms with Crippen molar-refractivity contribution in [2.45, 2.75) is 25.0 Å². The van der Waals surface area contributed by atoms with Crippen LogP contribution in [0.25, 0.3) is 11.1 Å². The summed E-state index contributed by atoms with van der Waals surface area (Å²) in [5.41, 5.74) is 4.38. The zero-order valence-corrected chi connectivity index (χ0v) is 19.0. The molecule has 1 N–H and O–H groups in total. The maximum absolute atomic E-state index is 13.0. The maximum atomic E-state index is 13.0. The molecule has 0 saturated heterocycles. The summed E-state index contributed by atoms with van der Waals surface area (Å²) >= 11 is 0. The molecule has 0 saturated carbocycles. The molecule has 1 aliphatic heterocycles. The third kappa shape index (κ3) is 3.09. The normalized spacial score (nSPS) is 19.4. The lowest BCUT2D eigenvalue weighted by Gasteiger charge is -2.49. The number of nitrogens with zero attached hydrogens (tertiary/aromatic N) is 1. The van der Waals surface area contributed by atoms with E-state index < -0.39 is 17.6 Å². The van der Waals surface area contributed by atoms with E-state index in [9.17, 15) is 9.90 Å². The molecule has 6 nitrogen and oxygen atoms in total. The van der Waals surface area contributed by atoms with Gasteiger partial charge in [0.05, 0.1) is 14.2 Å². The van der Waals surface area contributed by atoms with Crippen LogP contribution in [0.4, 0.5) is 0 Å². The lowest BCUT2D eigenvalue weighted by molar-refractivity contribution is -0.153. The monoisotopic (exact) mass is 445 g/mol. The van der Waals surface area contributed by atoms with Crippen LogP contribution in [0.1, 0.15) is 23.6 Å². The van der Waals surface area contributed by atoms with Gasteiger partial charge < -0.3 is 19.3 Å². The first-order valence-electron chi connectivity index (χ1n) is 11.1. The number of hydrogen-bond acceptors (Lipinski definition) is 5. The molecule has 0 bridgehead atoms. The van der Waals surface area contributed by atoms with Crippen LogP contribution in [0.3, 0.4) is 0 Å². The van der Waals surface area contributed by atoms with E-state index in [-0.39, 0.29) is 0 Å². The number of fused-ring (bicyclic) bond motifs is 3. The molecule has 5 rings (SSSR count). The Morgan fingerprint density at radius 2 is 1.67 bits per heavy atom. The summed E-state index contributed by atoms with van der Waals surface area (Å²) in [5, 5.41) is 10.6. The van der Waals surface area contributed by atoms with Crippen LogP contribution in [0, 0.1) is 0 Å². The highest BCUT2D eigenvalue weighted by Gasteiger charge is 2.59. The molecule has 3 aromatic carbocycles. The van der Waals surface area contributed by atoms with Crippen molar-refractivity contribution in [3.05, 3.63) is 77.4 Å². The van der Waals surface area contributed by atoms with Gasteiger partial charge in [-0.15, -0.1) is 0 Å². The number of carboxylic acid groups (broad SMARTS) is 1. The van der Waals surface area contributed by atoms with Gasteiger partial charge in [0.15, 0.2) is 0 Å². The van der Waals surface area contributed by atoms with Crippen molar-refractivity contribution in [1.82, 2.24) is 4.90 Å². The van der Waals surface area contributed by atoms with Crippen LogP contribution in [0.5, 0.6) is 17.2 Å². The van der Waals surface area contributed by atoms with Gasteiger partial charge in [-0.2, -0.15) is 0 Å². The molecule has 170 valence electrons. The molecular formula is C27H27NO5. The summed E-state index contributed by atoms with van der Waals surface area (Å²) in [6.45, 7) is 3.51. The van der Waals surface area contributed by atoms with Gasteiger partial charge >= 0.3 is 5.97 Å². The molecule has 0 unspecified atom stereocenters. The van der Waals surface area contributed by atoms with Crippen LogP contribution in [0.2, 0.25) is 0 Å². The lowest BCUT2D eigenvalue weighted by Crippen LogP contribution is -2.61. The Labute approximate surface area is 193 Å². The van der Waals surface area contributed by atoms with Crippen molar-refractivity contribution >= 4 is 5.97 Å². The Hall–Kier alpha value is -3.51. The second-order valence-corrected chi connectivity index (χ2v) is 8.37. The van der Waals surface area contributed by atoms with Crippen LogP contribution < -0.4 is 14.2 Å². The molecule has 1 aliphatic carbocycles. The number of hydrogen-bond donors (Lipinski definition) is 1. The predicted molar refractivity (Wildman–Crippen MR) is 125 cm³/mol. The predicted octanol–water partition coefficient (Wildman–Crippen LogP) is 4.34. The largest absolute Gasteiger partial charge is 0.496 e. The van der Waals surface area contributed by atoms with Crippen molar-refractivity contribution in [3.8, 4) is 28.4 Å². The van der Waals surface area contributed by atoms with E-state index in [2.05, 4.69) is 36.1 Å². The van der Waals surface area contributed by atoms with E-state index >= 15 is 0 Å². The zero-order chi connectivity index (χ0) is 23.2. The molecule has 0 fully saturated rings. The number of benzene rings is 3. The van der Waals surface area contributed by atoms with Gasteiger partial charge in [-0.05, 0) is 40.8 Å². The Kier molecular flexibility index (Phi) is 5.25. The van der Waals surface area contributed by atoms with Gasteiger partial charge in [-0.1, -0.05) is 49.4 Å². The number of methoxy groups -OCH3 is 2. The van der Waals surface area contributed by atoms with E-state index in [0.717, 1.165) is 35.2 Å². The second kappa shape index (κ2) is 8.12. The summed E-state index contributed by atoms with van der Waals surface area (Å²) in [6, 6.07) is 19.5. The Balaban J connectivity index is 1.76. The minimum absolute atomic E-state index is 0.387. The molecule has 2 atom stereocenters. The Morgan fingerprint density at radius 3 is 2.33 bits per heavy atom. The van der Waals surface area contributed by atoms with Gasteiger partial charge in [0, 0.05) is 24.7 Å². The molecular weight excluding hydrogens is 418 g/mol. The van der Waals surface area contributed by atoms with Crippen LogP contribution in [0.15, 0.2) is 60.7 Å². The first-order valence-corrected chi connectivity index (χ1v) is 11.1. The smallest absolute Gasteiger partial charge is 0.347 e. The summed E-state index contributed by atoms with van der Waals surface area (Å²) in [6.07, 6.45) is -0.315. The highest BCUT2D eigenvalue weighted by atomic mass is 16.5. The molecule has 0 amide bonds. The summed E-state index contributed by atoms with van der Waals surface area (Å²) in [5.74, 6) is 0.442. The first kappa shape index (κ1) is 21.3.